The lowest BCUT2D eigenvalue weighted by Crippen LogP contribution is -2.41. The van der Waals surface area contributed by atoms with E-state index < -0.39 is 0 Å². The van der Waals surface area contributed by atoms with Crippen molar-refractivity contribution in [3.8, 4) is 11.1 Å². The number of rotatable bonds is 11. The molecule has 188 valence electrons. The zero-order valence-electron chi connectivity index (χ0n) is 21.2. The number of fused-ring (bicyclic) bond motifs is 1. The molecule has 1 atom stereocenters. The maximum Gasteiger partial charge on any atom is 0.251 e. The van der Waals surface area contributed by atoms with Crippen LogP contribution in [0.1, 0.15) is 64.4 Å². The number of amides is 2. The molecule has 0 bridgehead atoms. The first-order valence-corrected chi connectivity index (χ1v) is 13.1. The third kappa shape index (κ3) is 6.41. The van der Waals surface area contributed by atoms with Crippen LogP contribution >= 0.6 is 0 Å². The van der Waals surface area contributed by atoms with Crippen LogP contribution in [0.15, 0.2) is 72.8 Å². The molecule has 0 unspecified atom stereocenters. The minimum Gasteiger partial charge on any atom is -0.366 e. The van der Waals surface area contributed by atoms with Crippen LogP contribution in [0.25, 0.3) is 11.1 Å². The van der Waals surface area contributed by atoms with Crippen LogP contribution in [0.2, 0.25) is 0 Å². The molecular weight excluding hydrogens is 446 g/mol. The molecule has 0 saturated heterocycles. The van der Waals surface area contributed by atoms with Gasteiger partial charge in [0.05, 0.1) is 0 Å². The summed E-state index contributed by atoms with van der Waals surface area (Å²) >= 11 is 0. The Morgan fingerprint density at radius 3 is 2.39 bits per heavy atom. The maximum atomic E-state index is 12.6. The fourth-order valence-corrected chi connectivity index (χ4v) is 5.28. The van der Waals surface area contributed by atoms with E-state index in [4.69, 9.17) is 5.73 Å². The van der Waals surface area contributed by atoms with Gasteiger partial charge < -0.3 is 16.0 Å². The minimum absolute atomic E-state index is 0.0193. The van der Waals surface area contributed by atoms with Crippen molar-refractivity contribution in [1.29, 1.82) is 0 Å². The molecule has 0 saturated carbocycles. The Morgan fingerprint density at radius 1 is 0.917 bits per heavy atom. The number of hydrogen-bond acceptors (Lipinski definition) is 3. The van der Waals surface area contributed by atoms with Gasteiger partial charge in [0, 0.05) is 23.7 Å². The Balaban J connectivity index is 1.24. The number of nitrogens with one attached hydrogen (secondary N) is 1. The Labute approximate surface area is 214 Å². The number of primary amides is 1. The Morgan fingerprint density at radius 2 is 1.67 bits per heavy atom. The van der Waals surface area contributed by atoms with Crippen molar-refractivity contribution < 1.29 is 9.59 Å². The Hall–Kier alpha value is -3.44. The first-order valence-electron chi connectivity index (χ1n) is 13.1. The minimum atomic E-state index is -0.329. The van der Waals surface area contributed by atoms with E-state index in [1.807, 2.05) is 54.6 Å². The van der Waals surface area contributed by atoms with Crippen molar-refractivity contribution in [3.63, 3.8) is 0 Å². The number of carbonyl (C=O) groups is 2. The molecule has 3 aromatic carbocycles. The van der Waals surface area contributed by atoms with Gasteiger partial charge in [0.15, 0.2) is 0 Å². The summed E-state index contributed by atoms with van der Waals surface area (Å²) in [5, 5.41) is 3.07. The zero-order chi connectivity index (χ0) is 25.3. The van der Waals surface area contributed by atoms with E-state index in [-0.39, 0.29) is 11.8 Å². The largest absolute Gasteiger partial charge is 0.366 e. The third-order valence-corrected chi connectivity index (χ3v) is 7.16. The highest BCUT2D eigenvalue weighted by molar-refractivity contribution is 5.95. The quantitative estimate of drug-likeness (QED) is 0.367. The standard InChI is InChI=1S/C31H37N3O2/c1-2-20-34(27-17-18-28-26(22-27)11-8-12-29(28)30(32)35)21-7-6-19-33-31(36)25-15-13-24(14-16-25)23-9-4-3-5-10-23/h3-5,8-16,27H,2,6-7,17-22H2,1H3,(H2,32,35)(H,33,36)/t27-/m1/s1. The molecule has 0 aliphatic heterocycles. The van der Waals surface area contributed by atoms with E-state index >= 15 is 0 Å². The summed E-state index contributed by atoms with van der Waals surface area (Å²) in [6.07, 6.45) is 6.01. The lowest BCUT2D eigenvalue weighted by atomic mass is 9.84. The van der Waals surface area contributed by atoms with Crippen molar-refractivity contribution in [1.82, 2.24) is 10.2 Å². The number of unbranched alkanes of at least 4 members (excludes halogenated alkanes) is 1. The molecule has 5 heteroatoms. The van der Waals surface area contributed by atoms with Crippen LogP contribution in [0.5, 0.6) is 0 Å². The summed E-state index contributed by atoms with van der Waals surface area (Å²) in [6, 6.07) is 24.4. The summed E-state index contributed by atoms with van der Waals surface area (Å²) in [5.74, 6) is -0.348. The summed E-state index contributed by atoms with van der Waals surface area (Å²) in [4.78, 5) is 27.0. The normalized spacial score (nSPS) is 14.9. The molecule has 3 aromatic rings. The van der Waals surface area contributed by atoms with Crippen molar-refractivity contribution in [2.24, 2.45) is 5.73 Å². The van der Waals surface area contributed by atoms with E-state index in [1.165, 1.54) is 5.56 Å². The molecule has 1 aliphatic rings. The van der Waals surface area contributed by atoms with E-state index in [0.29, 0.717) is 23.7 Å². The van der Waals surface area contributed by atoms with Crippen LogP contribution < -0.4 is 11.1 Å². The Kier molecular flexibility index (Phi) is 8.90. The maximum absolute atomic E-state index is 12.6. The van der Waals surface area contributed by atoms with Gasteiger partial charge in [0.25, 0.3) is 5.91 Å². The molecule has 0 fully saturated rings. The van der Waals surface area contributed by atoms with Gasteiger partial charge in [-0.05, 0) is 92.1 Å². The number of benzene rings is 3. The summed E-state index contributed by atoms with van der Waals surface area (Å²) in [7, 11) is 0. The smallest absolute Gasteiger partial charge is 0.251 e. The topological polar surface area (TPSA) is 75.4 Å². The molecule has 36 heavy (non-hydrogen) atoms. The molecule has 0 spiro atoms. The zero-order valence-corrected chi connectivity index (χ0v) is 21.2. The lowest BCUT2D eigenvalue weighted by molar-refractivity contribution is 0.0951. The molecule has 0 aromatic heterocycles. The average Bonchev–Trinajstić information content (AvgIpc) is 2.92. The van der Waals surface area contributed by atoms with Crippen LogP contribution in [0.4, 0.5) is 0 Å². The molecule has 2 amide bonds. The number of nitrogens with zero attached hydrogens (tertiary/aromatic N) is 1. The highest BCUT2D eigenvalue weighted by Crippen LogP contribution is 2.27. The van der Waals surface area contributed by atoms with Crippen LogP contribution in [-0.2, 0) is 12.8 Å². The second-order valence-electron chi connectivity index (χ2n) is 9.65. The molecule has 0 radical (unpaired) electrons. The van der Waals surface area contributed by atoms with Gasteiger partial charge in [-0.25, -0.2) is 0 Å². The summed E-state index contributed by atoms with van der Waals surface area (Å²) in [6.45, 7) is 4.98. The van der Waals surface area contributed by atoms with Crippen molar-refractivity contribution >= 4 is 11.8 Å². The molecule has 1 aliphatic carbocycles. The van der Waals surface area contributed by atoms with Crippen molar-refractivity contribution in [2.75, 3.05) is 19.6 Å². The fraction of sp³-hybridized carbons (Fsp3) is 0.355. The van der Waals surface area contributed by atoms with Gasteiger partial charge in [-0.2, -0.15) is 0 Å². The first-order chi connectivity index (χ1) is 17.6. The average molecular weight is 484 g/mol. The Bertz CT molecular complexity index is 1160. The SMILES string of the molecule is CCCN(CCCCNC(=O)c1ccc(-c2ccccc2)cc1)[C@@H]1CCc2c(cccc2C(N)=O)C1. The van der Waals surface area contributed by atoms with E-state index in [2.05, 4.69) is 35.3 Å². The second-order valence-corrected chi connectivity index (χ2v) is 9.65. The van der Waals surface area contributed by atoms with Gasteiger partial charge in [0.1, 0.15) is 0 Å². The molecular formula is C31H37N3O2. The first kappa shape index (κ1) is 25.6. The number of nitrogens with two attached hydrogens (primary N) is 1. The predicted octanol–water partition coefficient (Wildman–Crippen LogP) is 5.23. The third-order valence-electron chi connectivity index (χ3n) is 7.16. The highest BCUT2D eigenvalue weighted by Gasteiger charge is 2.26. The monoisotopic (exact) mass is 483 g/mol. The van der Waals surface area contributed by atoms with Crippen LogP contribution in [-0.4, -0.2) is 42.4 Å². The number of carbonyl (C=O) groups excluding carboxylic acids is 2. The van der Waals surface area contributed by atoms with E-state index in [1.54, 1.807) is 0 Å². The lowest BCUT2D eigenvalue weighted by Gasteiger charge is -2.35. The van der Waals surface area contributed by atoms with Gasteiger partial charge in [0.2, 0.25) is 5.91 Å². The summed E-state index contributed by atoms with van der Waals surface area (Å²) < 4.78 is 0. The number of hydrogen-bond donors (Lipinski definition) is 2. The second kappa shape index (κ2) is 12.5. The molecule has 5 nitrogen and oxygen atoms in total. The van der Waals surface area contributed by atoms with Crippen molar-refractivity contribution in [3.05, 3.63) is 95.1 Å². The van der Waals surface area contributed by atoms with E-state index in [0.717, 1.165) is 68.3 Å². The van der Waals surface area contributed by atoms with Gasteiger partial charge in [-0.3, -0.25) is 9.59 Å². The van der Waals surface area contributed by atoms with Crippen LogP contribution in [0, 0.1) is 0 Å². The van der Waals surface area contributed by atoms with Gasteiger partial charge >= 0.3 is 0 Å². The van der Waals surface area contributed by atoms with Crippen LogP contribution in [0.3, 0.4) is 0 Å². The van der Waals surface area contributed by atoms with Crippen molar-refractivity contribution in [2.45, 2.75) is 51.5 Å². The van der Waals surface area contributed by atoms with E-state index in [9.17, 15) is 9.59 Å². The molecule has 0 heterocycles. The van der Waals surface area contributed by atoms with Gasteiger partial charge in [-0.1, -0.05) is 61.5 Å². The predicted molar refractivity (Wildman–Crippen MR) is 146 cm³/mol. The molecule has 3 N–H and O–H groups in total. The highest BCUT2D eigenvalue weighted by atomic mass is 16.2. The summed E-state index contributed by atoms with van der Waals surface area (Å²) in [5.41, 5.74) is 11.6. The molecule has 4 rings (SSSR count). The fourth-order valence-electron chi connectivity index (χ4n) is 5.28. The van der Waals surface area contributed by atoms with Gasteiger partial charge in [-0.15, -0.1) is 0 Å².